The summed E-state index contributed by atoms with van der Waals surface area (Å²) in [5.74, 6) is -0.558. The second-order valence-corrected chi connectivity index (χ2v) is 6.81. The summed E-state index contributed by atoms with van der Waals surface area (Å²) < 4.78 is 4.86. The fourth-order valence-corrected chi connectivity index (χ4v) is 3.93. The number of methoxy groups -OCH3 is 1. The quantitative estimate of drug-likeness (QED) is 0.692. The summed E-state index contributed by atoms with van der Waals surface area (Å²) in [7, 11) is 2.19. The smallest absolute Gasteiger partial charge is 0.338 e. The number of amides is 1. The summed E-state index contributed by atoms with van der Waals surface area (Å²) in [5, 5.41) is 4.58. The molecule has 0 saturated heterocycles. The van der Waals surface area contributed by atoms with E-state index in [4.69, 9.17) is 4.74 Å². The Hall–Kier alpha value is -2.19. The van der Waals surface area contributed by atoms with E-state index in [-0.39, 0.29) is 11.9 Å². The highest BCUT2D eigenvalue weighted by Gasteiger charge is 2.19. The van der Waals surface area contributed by atoms with Crippen molar-refractivity contribution in [1.29, 1.82) is 0 Å². The number of hydrogen-bond donors (Lipinski definition) is 1. The standard InChI is InChI=1S/C17H18NO3P/c1-18-16(19)12-9-10-14(17(20)21-2)15(11-12)22(3)13-7-5-4-6-8-13/h4-11H,1-3H3,(H,18,19). The fraction of sp³-hybridized carbons (Fsp3) is 0.176. The van der Waals surface area contributed by atoms with Crippen LogP contribution >= 0.6 is 7.92 Å². The zero-order chi connectivity index (χ0) is 16.1. The molecule has 1 N–H and O–H groups in total. The maximum absolute atomic E-state index is 12.0. The van der Waals surface area contributed by atoms with Gasteiger partial charge in [0.1, 0.15) is 0 Å². The minimum absolute atomic E-state index is 0.172. The van der Waals surface area contributed by atoms with Crippen LogP contribution in [0, 0.1) is 0 Å². The zero-order valence-electron chi connectivity index (χ0n) is 12.8. The molecule has 0 bridgehead atoms. The molecule has 22 heavy (non-hydrogen) atoms. The van der Waals surface area contributed by atoms with Gasteiger partial charge in [0.2, 0.25) is 0 Å². The van der Waals surface area contributed by atoms with Gasteiger partial charge >= 0.3 is 5.97 Å². The van der Waals surface area contributed by atoms with Crippen LogP contribution in [0.3, 0.4) is 0 Å². The Bertz CT molecular complexity index is 686. The molecule has 5 heteroatoms. The molecular weight excluding hydrogens is 297 g/mol. The topological polar surface area (TPSA) is 55.4 Å². The molecule has 1 unspecified atom stereocenters. The highest BCUT2D eigenvalue weighted by Crippen LogP contribution is 2.30. The van der Waals surface area contributed by atoms with Crippen LogP contribution in [-0.2, 0) is 4.74 Å². The second kappa shape index (κ2) is 7.19. The summed E-state index contributed by atoms with van der Waals surface area (Å²) in [5.41, 5.74) is 1.04. The number of hydrogen-bond acceptors (Lipinski definition) is 3. The molecule has 0 radical (unpaired) electrons. The molecule has 1 amide bonds. The number of carbonyl (C=O) groups excluding carboxylic acids is 2. The van der Waals surface area contributed by atoms with Crippen molar-refractivity contribution in [2.75, 3.05) is 20.8 Å². The van der Waals surface area contributed by atoms with Crippen LogP contribution in [0.4, 0.5) is 0 Å². The maximum Gasteiger partial charge on any atom is 0.338 e. The first kappa shape index (κ1) is 16.2. The zero-order valence-corrected chi connectivity index (χ0v) is 13.7. The summed E-state index contributed by atoms with van der Waals surface area (Å²) in [6.07, 6.45) is 0. The van der Waals surface area contributed by atoms with E-state index in [1.807, 2.05) is 30.3 Å². The number of benzene rings is 2. The average molecular weight is 315 g/mol. The molecule has 0 spiro atoms. The van der Waals surface area contributed by atoms with Gasteiger partial charge in [-0.15, -0.1) is 0 Å². The SMILES string of the molecule is CNC(=O)c1ccc(C(=O)OC)c(P(C)c2ccccc2)c1. The second-order valence-electron chi connectivity index (χ2n) is 4.70. The summed E-state index contributed by atoms with van der Waals surface area (Å²) in [6.45, 7) is 2.07. The molecular formula is C17H18NO3P. The minimum Gasteiger partial charge on any atom is -0.465 e. The van der Waals surface area contributed by atoms with Gasteiger partial charge in [0.15, 0.2) is 0 Å². The van der Waals surface area contributed by atoms with Crippen LogP contribution in [-0.4, -0.2) is 32.7 Å². The van der Waals surface area contributed by atoms with Crippen LogP contribution in [0.5, 0.6) is 0 Å². The van der Waals surface area contributed by atoms with Crippen LogP contribution in [0.2, 0.25) is 0 Å². The Morgan fingerprint density at radius 1 is 1.09 bits per heavy atom. The summed E-state index contributed by atoms with van der Waals surface area (Å²) >= 11 is 0. The van der Waals surface area contributed by atoms with Gasteiger partial charge in [-0.25, -0.2) is 4.79 Å². The van der Waals surface area contributed by atoms with Crippen LogP contribution in [0.15, 0.2) is 48.5 Å². The first-order chi connectivity index (χ1) is 10.6. The predicted octanol–water partition coefficient (Wildman–Crippen LogP) is 1.90. The monoisotopic (exact) mass is 315 g/mol. The van der Waals surface area contributed by atoms with E-state index < -0.39 is 7.92 Å². The number of carbonyl (C=O) groups is 2. The number of esters is 1. The first-order valence-corrected chi connectivity index (χ1v) is 8.60. The van der Waals surface area contributed by atoms with Gasteiger partial charge in [0.25, 0.3) is 5.91 Å². The molecule has 0 aliphatic heterocycles. The Balaban J connectivity index is 2.54. The lowest BCUT2D eigenvalue weighted by Crippen LogP contribution is -2.24. The number of ether oxygens (including phenoxy) is 1. The highest BCUT2D eigenvalue weighted by atomic mass is 31.1. The predicted molar refractivity (Wildman–Crippen MR) is 89.7 cm³/mol. The highest BCUT2D eigenvalue weighted by molar-refractivity contribution is 7.72. The molecule has 2 aromatic rings. The van der Waals surface area contributed by atoms with Gasteiger partial charge in [-0.1, -0.05) is 30.3 Å². The summed E-state index contributed by atoms with van der Waals surface area (Å²) in [6, 6.07) is 15.0. The van der Waals surface area contributed by atoms with Crippen molar-refractivity contribution in [2.45, 2.75) is 0 Å². The van der Waals surface area contributed by atoms with Crippen molar-refractivity contribution in [1.82, 2.24) is 5.32 Å². The molecule has 0 saturated carbocycles. The van der Waals surface area contributed by atoms with E-state index in [9.17, 15) is 9.59 Å². The lowest BCUT2D eigenvalue weighted by molar-refractivity contribution is 0.0602. The van der Waals surface area contributed by atoms with E-state index in [1.165, 1.54) is 7.11 Å². The lowest BCUT2D eigenvalue weighted by atomic mass is 10.1. The molecule has 0 aromatic heterocycles. The van der Waals surface area contributed by atoms with Crippen LogP contribution in [0.1, 0.15) is 20.7 Å². The van der Waals surface area contributed by atoms with Crippen LogP contribution < -0.4 is 15.9 Å². The van der Waals surface area contributed by atoms with Crippen molar-refractivity contribution >= 4 is 30.4 Å². The molecule has 4 nitrogen and oxygen atoms in total. The molecule has 2 aromatic carbocycles. The van der Waals surface area contributed by atoms with E-state index in [0.717, 1.165) is 10.6 Å². The molecule has 0 fully saturated rings. The fourth-order valence-electron chi connectivity index (χ4n) is 2.17. The van der Waals surface area contributed by atoms with Gasteiger partial charge < -0.3 is 10.1 Å². The third kappa shape index (κ3) is 3.34. The van der Waals surface area contributed by atoms with Crippen LogP contribution in [0.25, 0.3) is 0 Å². The molecule has 0 aliphatic rings. The van der Waals surface area contributed by atoms with Crippen molar-refractivity contribution in [2.24, 2.45) is 0 Å². The first-order valence-electron chi connectivity index (χ1n) is 6.81. The lowest BCUT2D eigenvalue weighted by Gasteiger charge is -2.17. The molecule has 0 heterocycles. The largest absolute Gasteiger partial charge is 0.465 e. The maximum atomic E-state index is 12.0. The third-order valence-corrected chi connectivity index (χ3v) is 5.56. The van der Waals surface area contributed by atoms with Gasteiger partial charge in [-0.05, 0) is 43.4 Å². The molecule has 0 aliphatic carbocycles. The van der Waals surface area contributed by atoms with Gasteiger partial charge in [-0.2, -0.15) is 0 Å². The average Bonchev–Trinajstić information content (AvgIpc) is 2.59. The van der Waals surface area contributed by atoms with E-state index in [0.29, 0.717) is 11.1 Å². The minimum atomic E-state index is -0.757. The molecule has 2 rings (SSSR count). The summed E-state index contributed by atoms with van der Waals surface area (Å²) in [4.78, 5) is 23.9. The normalized spacial score (nSPS) is 11.6. The van der Waals surface area contributed by atoms with Gasteiger partial charge in [0.05, 0.1) is 12.7 Å². The van der Waals surface area contributed by atoms with E-state index >= 15 is 0 Å². The van der Waals surface area contributed by atoms with E-state index in [1.54, 1.807) is 25.2 Å². The van der Waals surface area contributed by atoms with Crippen molar-refractivity contribution in [3.05, 3.63) is 59.7 Å². The van der Waals surface area contributed by atoms with Crippen molar-refractivity contribution in [3.8, 4) is 0 Å². The van der Waals surface area contributed by atoms with Gasteiger partial charge in [-0.3, -0.25) is 4.79 Å². The third-order valence-electron chi connectivity index (χ3n) is 3.40. The molecule has 114 valence electrons. The Morgan fingerprint density at radius 3 is 2.36 bits per heavy atom. The van der Waals surface area contributed by atoms with Crippen molar-refractivity contribution in [3.63, 3.8) is 0 Å². The van der Waals surface area contributed by atoms with Crippen molar-refractivity contribution < 1.29 is 14.3 Å². The number of nitrogens with one attached hydrogen (secondary N) is 1. The Labute approximate surface area is 131 Å². The van der Waals surface area contributed by atoms with Gasteiger partial charge in [0, 0.05) is 12.6 Å². The Morgan fingerprint density at radius 2 is 1.77 bits per heavy atom. The molecule has 1 atom stereocenters. The van der Waals surface area contributed by atoms with E-state index in [2.05, 4.69) is 12.0 Å². The Kier molecular flexibility index (Phi) is 5.29. The number of rotatable bonds is 4.